The Morgan fingerprint density at radius 2 is 2.11 bits per heavy atom. The van der Waals surface area contributed by atoms with Gasteiger partial charge in [0.1, 0.15) is 11.3 Å². The molecule has 5 heteroatoms. The molecule has 3 aromatic rings. The van der Waals surface area contributed by atoms with Gasteiger partial charge in [0.2, 0.25) is 0 Å². The van der Waals surface area contributed by atoms with Crippen LogP contribution >= 0.6 is 23.2 Å². The Kier molecular flexibility index (Phi) is 3.17. The molecule has 0 aliphatic heterocycles. The molecule has 0 unspecified atom stereocenters. The third-order valence-corrected chi connectivity index (χ3v) is 3.55. The lowest BCUT2D eigenvalue weighted by Crippen LogP contribution is -2.00. The molecule has 3 rings (SSSR count). The highest BCUT2D eigenvalue weighted by molar-refractivity contribution is 6.32. The van der Waals surface area contributed by atoms with Gasteiger partial charge in [0.25, 0.3) is 0 Å². The first-order chi connectivity index (χ1) is 9.20. The van der Waals surface area contributed by atoms with Crippen molar-refractivity contribution in [1.82, 2.24) is 14.5 Å². The molecule has 2 aromatic heterocycles. The van der Waals surface area contributed by atoms with Crippen LogP contribution in [0.1, 0.15) is 11.4 Å². The van der Waals surface area contributed by atoms with Gasteiger partial charge in [-0.05, 0) is 30.7 Å². The molecule has 0 N–H and O–H groups in total. The fourth-order valence-corrected chi connectivity index (χ4v) is 2.52. The number of hydrogen-bond acceptors (Lipinski definition) is 2. The normalized spacial score (nSPS) is 11.1. The lowest BCUT2D eigenvalue weighted by Gasteiger charge is -2.10. The van der Waals surface area contributed by atoms with E-state index in [1.165, 1.54) is 0 Å². The summed E-state index contributed by atoms with van der Waals surface area (Å²) < 4.78 is 1.99. The van der Waals surface area contributed by atoms with Crippen LogP contribution in [-0.2, 0) is 5.88 Å². The first kappa shape index (κ1) is 12.5. The molecule has 19 heavy (non-hydrogen) atoms. The fraction of sp³-hybridized carbons (Fsp3) is 0.143. The maximum atomic E-state index is 6.31. The number of nitrogens with zero attached hydrogens (tertiary/aromatic N) is 3. The highest BCUT2D eigenvalue weighted by atomic mass is 35.5. The monoisotopic (exact) mass is 291 g/mol. The number of aryl methyl sites for hydroxylation is 1. The Morgan fingerprint density at radius 1 is 1.26 bits per heavy atom. The fourth-order valence-electron chi connectivity index (χ4n) is 2.13. The number of hydrogen-bond donors (Lipinski definition) is 0. The van der Waals surface area contributed by atoms with Crippen molar-refractivity contribution in [3.8, 4) is 5.69 Å². The third kappa shape index (κ3) is 2.09. The van der Waals surface area contributed by atoms with E-state index in [1.807, 2.05) is 35.8 Å². The van der Waals surface area contributed by atoms with Gasteiger partial charge in [-0.15, -0.1) is 11.6 Å². The van der Waals surface area contributed by atoms with E-state index in [9.17, 15) is 0 Å². The molecule has 0 aliphatic carbocycles. The maximum absolute atomic E-state index is 6.31. The highest BCUT2D eigenvalue weighted by Gasteiger charge is 2.14. The Bertz CT molecular complexity index is 750. The van der Waals surface area contributed by atoms with Gasteiger partial charge in [0.05, 0.1) is 28.3 Å². The Morgan fingerprint density at radius 3 is 2.89 bits per heavy atom. The van der Waals surface area contributed by atoms with Crippen LogP contribution in [0.3, 0.4) is 0 Å². The molecule has 0 amide bonds. The second-order valence-electron chi connectivity index (χ2n) is 4.32. The Hall–Kier alpha value is -1.58. The van der Waals surface area contributed by atoms with Gasteiger partial charge in [0.15, 0.2) is 0 Å². The predicted octanol–water partition coefficient (Wildman–Crippen LogP) is 4.12. The Balaban J connectivity index is 2.37. The quantitative estimate of drug-likeness (QED) is 0.665. The van der Waals surface area contributed by atoms with E-state index in [2.05, 4.69) is 9.97 Å². The van der Waals surface area contributed by atoms with E-state index in [0.29, 0.717) is 10.9 Å². The molecule has 2 heterocycles. The van der Waals surface area contributed by atoms with Crippen molar-refractivity contribution < 1.29 is 0 Å². The summed E-state index contributed by atoms with van der Waals surface area (Å²) in [5.41, 5.74) is 3.80. The number of aromatic nitrogens is 3. The zero-order chi connectivity index (χ0) is 13.4. The minimum atomic E-state index is 0.318. The van der Waals surface area contributed by atoms with Gasteiger partial charge in [0, 0.05) is 6.20 Å². The third-order valence-electron chi connectivity index (χ3n) is 2.99. The van der Waals surface area contributed by atoms with Crippen LogP contribution in [0, 0.1) is 6.92 Å². The topological polar surface area (TPSA) is 30.7 Å². The van der Waals surface area contributed by atoms with Crippen LogP contribution in [0.4, 0.5) is 0 Å². The maximum Gasteiger partial charge on any atom is 0.129 e. The zero-order valence-corrected chi connectivity index (χ0v) is 11.8. The zero-order valence-electron chi connectivity index (χ0n) is 10.3. The van der Waals surface area contributed by atoms with Crippen molar-refractivity contribution in [2.75, 3.05) is 0 Å². The van der Waals surface area contributed by atoms with Crippen LogP contribution in [-0.4, -0.2) is 14.5 Å². The molecule has 1 aromatic carbocycles. The van der Waals surface area contributed by atoms with Gasteiger partial charge in [-0.25, -0.2) is 4.98 Å². The lowest BCUT2D eigenvalue weighted by molar-refractivity contribution is 0.980. The van der Waals surface area contributed by atoms with Crippen molar-refractivity contribution in [2.45, 2.75) is 12.8 Å². The second kappa shape index (κ2) is 4.83. The molecule has 0 saturated heterocycles. The standard InChI is InChI=1S/C14H11Cl2N3/c1-9-2-3-10(16)13(6-9)19-12-4-5-17-8-11(12)18-14(19)7-15/h2-6,8H,7H2,1H3. The van der Waals surface area contributed by atoms with E-state index in [-0.39, 0.29) is 0 Å². The first-order valence-electron chi connectivity index (χ1n) is 5.84. The van der Waals surface area contributed by atoms with Gasteiger partial charge in [-0.2, -0.15) is 0 Å². The van der Waals surface area contributed by atoms with Gasteiger partial charge in [-0.3, -0.25) is 9.55 Å². The number of benzene rings is 1. The summed E-state index contributed by atoms with van der Waals surface area (Å²) in [4.78, 5) is 8.57. The first-order valence-corrected chi connectivity index (χ1v) is 6.76. The molecule has 0 fully saturated rings. The van der Waals surface area contributed by atoms with Crippen LogP contribution in [0.25, 0.3) is 16.7 Å². The van der Waals surface area contributed by atoms with Gasteiger partial charge >= 0.3 is 0 Å². The van der Waals surface area contributed by atoms with E-state index in [1.54, 1.807) is 12.4 Å². The molecule has 0 atom stereocenters. The number of alkyl halides is 1. The summed E-state index contributed by atoms with van der Waals surface area (Å²) in [5.74, 6) is 1.08. The van der Waals surface area contributed by atoms with E-state index < -0.39 is 0 Å². The summed E-state index contributed by atoms with van der Waals surface area (Å²) in [6.07, 6.45) is 3.47. The molecule has 0 radical (unpaired) electrons. The summed E-state index contributed by atoms with van der Waals surface area (Å²) in [5, 5.41) is 0.674. The summed E-state index contributed by atoms with van der Waals surface area (Å²) >= 11 is 12.3. The van der Waals surface area contributed by atoms with Crippen molar-refractivity contribution in [1.29, 1.82) is 0 Å². The van der Waals surface area contributed by atoms with Crippen molar-refractivity contribution in [2.24, 2.45) is 0 Å². The molecule has 3 nitrogen and oxygen atoms in total. The Labute approximate surface area is 120 Å². The molecule has 0 spiro atoms. The van der Waals surface area contributed by atoms with Crippen LogP contribution in [0.2, 0.25) is 5.02 Å². The number of halogens is 2. The second-order valence-corrected chi connectivity index (χ2v) is 4.99. The van der Waals surface area contributed by atoms with E-state index in [0.717, 1.165) is 28.1 Å². The average molecular weight is 292 g/mol. The van der Waals surface area contributed by atoms with Crippen LogP contribution in [0.5, 0.6) is 0 Å². The number of rotatable bonds is 2. The number of imidazole rings is 1. The molecule has 0 aliphatic rings. The van der Waals surface area contributed by atoms with Crippen molar-refractivity contribution in [3.05, 3.63) is 53.1 Å². The molecule has 0 saturated carbocycles. The summed E-state index contributed by atoms with van der Waals surface area (Å²) in [6.45, 7) is 2.03. The smallest absolute Gasteiger partial charge is 0.129 e. The van der Waals surface area contributed by atoms with E-state index in [4.69, 9.17) is 23.2 Å². The van der Waals surface area contributed by atoms with Crippen molar-refractivity contribution in [3.63, 3.8) is 0 Å². The van der Waals surface area contributed by atoms with Crippen molar-refractivity contribution >= 4 is 34.2 Å². The SMILES string of the molecule is Cc1ccc(Cl)c(-n2c(CCl)nc3cnccc32)c1. The minimum absolute atomic E-state index is 0.318. The summed E-state index contributed by atoms with van der Waals surface area (Å²) in [6, 6.07) is 7.81. The van der Waals surface area contributed by atoms with Gasteiger partial charge < -0.3 is 0 Å². The largest absolute Gasteiger partial charge is 0.294 e. The molecule has 96 valence electrons. The molecule has 0 bridgehead atoms. The highest BCUT2D eigenvalue weighted by Crippen LogP contribution is 2.28. The molecular weight excluding hydrogens is 281 g/mol. The van der Waals surface area contributed by atoms with E-state index >= 15 is 0 Å². The van der Waals surface area contributed by atoms with Crippen LogP contribution < -0.4 is 0 Å². The lowest BCUT2D eigenvalue weighted by atomic mass is 10.2. The van der Waals surface area contributed by atoms with Crippen LogP contribution in [0.15, 0.2) is 36.7 Å². The number of pyridine rings is 1. The summed E-state index contributed by atoms with van der Waals surface area (Å²) in [7, 11) is 0. The average Bonchev–Trinajstić information content (AvgIpc) is 2.80. The van der Waals surface area contributed by atoms with Gasteiger partial charge in [-0.1, -0.05) is 17.7 Å². The number of fused-ring (bicyclic) bond motifs is 1. The predicted molar refractivity (Wildman–Crippen MR) is 78.2 cm³/mol. The minimum Gasteiger partial charge on any atom is -0.294 e. The molecular formula is C14H11Cl2N3.